The van der Waals surface area contributed by atoms with Gasteiger partial charge in [0.1, 0.15) is 0 Å². The number of ether oxygens (including phenoxy) is 2. The number of nitrogens with two attached hydrogens (primary N) is 1. The third kappa shape index (κ3) is 3.35. The van der Waals surface area contributed by atoms with Crippen LogP contribution in [0.15, 0.2) is 72.0 Å². The highest BCUT2D eigenvalue weighted by atomic mass is 16.5. The molecular formula is C21H21N5O2. The minimum absolute atomic E-state index is 0.531. The fourth-order valence-corrected chi connectivity index (χ4v) is 3.10. The van der Waals surface area contributed by atoms with Crippen molar-refractivity contribution in [1.29, 1.82) is 0 Å². The Morgan fingerprint density at radius 1 is 1.04 bits per heavy atom. The summed E-state index contributed by atoms with van der Waals surface area (Å²) < 4.78 is 10.6. The van der Waals surface area contributed by atoms with Gasteiger partial charge in [-0.05, 0) is 42.0 Å². The predicted molar refractivity (Wildman–Crippen MR) is 110 cm³/mol. The van der Waals surface area contributed by atoms with Crippen LogP contribution in [0.1, 0.15) is 5.56 Å². The second kappa shape index (κ2) is 7.21. The first-order chi connectivity index (χ1) is 13.6. The molecule has 0 amide bonds. The first kappa shape index (κ1) is 17.8. The van der Waals surface area contributed by atoms with E-state index in [-0.39, 0.29) is 0 Å². The number of hydrogen-bond acceptors (Lipinski definition) is 7. The van der Waals surface area contributed by atoms with Crippen molar-refractivity contribution in [2.45, 2.75) is 5.66 Å². The topological polar surface area (TPSA) is 93.8 Å². The number of nitrogens with zero attached hydrogens (tertiary/aromatic N) is 2. The summed E-state index contributed by atoms with van der Waals surface area (Å²) in [7, 11) is 3.20. The van der Waals surface area contributed by atoms with Gasteiger partial charge in [-0.2, -0.15) is 0 Å². The van der Waals surface area contributed by atoms with Crippen LogP contribution in [0, 0.1) is 0 Å². The zero-order valence-corrected chi connectivity index (χ0v) is 15.6. The normalized spacial score (nSPS) is 18.3. The molecule has 0 bridgehead atoms. The van der Waals surface area contributed by atoms with Gasteiger partial charge in [-0.25, -0.2) is 4.99 Å². The van der Waals surface area contributed by atoms with E-state index < -0.39 is 5.66 Å². The molecule has 0 saturated heterocycles. The van der Waals surface area contributed by atoms with Crippen molar-refractivity contribution in [2.24, 2.45) is 10.7 Å². The zero-order chi connectivity index (χ0) is 19.6. The van der Waals surface area contributed by atoms with E-state index in [2.05, 4.69) is 20.6 Å². The Bertz CT molecular complexity index is 1080. The minimum Gasteiger partial charge on any atom is -0.493 e. The van der Waals surface area contributed by atoms with Gasteiger partial charge in [-0.1, -0.05) is 12.1 Å². The second-order valence-corrected chi connectivity index (χ2v) is 6.37. The van der Waals surface area contributed by atoms with Gasteiger partial charge in [-0.15, -0.1) is 0 Å². The predicted octanol–water partition coefficient (Wildman–Crippen LogP) is 2.95. The molecule has 28 heavy (non-hydrogen) atoms. The monoisotopic (exact) mass is 375 g/mol. The molecule has 1 aromatic heterocycles. The number of nitrogens with one attached hydrogen (secondary N) is 2. The molecule has 1 unspecified atom stereocenters. The van der Waals surface area contributed by atoms with E-state index in [4.69, 9.17) is 15.2 Å². The van der Waals surface area contributed by atoms with E-state index in [0.29, 0.717) is 17.5 Å². The summed E-state index contributed by atoms with van der Waals surface area (Å²) in [6.45, 7) is 0. The van der Waals surface area contributed by atoms with Crippen molar-refractivity contribution >= 4 is 22.5 Å². The Hall–Kier alpha value is -3.58. The lowest BCUT2D eigenvalue weighted by Crippen LogP contribution is -2.41. The summed E-state index contributed by atoms with van der Waals surface area (Å²) in [5.74, 6) is 1.81. The van der Waals surface area contributed by atoms with E-state index >= 15 is 0 Å². The number of aromatic nitrogens is 1. The Labute approximate surface area is 162 Å². The number of hydrogen-bond donors (Lipinski definition) is 3. The lowest BCUT2D eigenvalue weighted by Gasteiger charge is -2.27. The third-order valence-corrected chi connectivity index (χ3v) is 4.57. The highest BCUT2D eigenvalue weighted by Crippen LogP contribution is 2.30. The largest absolute Gasteiger partial charge is 0.493 e. The number of benzene rings is 2. The first-order valence-corrected chi connectivity index (χ1v) is 8.78. The van der Waals surface area contributed by atoms with Crippen LogP contribution >= 0.6 is 0 Å². The molecule has 3 aromatic rings. The van der Waals surface area contributed by atoms with Crippen LogP contribution < -0.4 is 25.8 Å². The van der Waals surface area contributed by atoms with Gasteiger partial charge in [0.2, 0.25) is 5.96 Å². The Kier molecular flexibility index (Phi) is 4.58. The number of rotatable bonds is 4. The summed E-state index contributed by atoms with van der Waals surface area (Å²) in [4.78, 5) is 9.03. The molecule has 1 aliphatic rings. The van der Waals surface area contributed by atoms with Gasteiger partial charge < -0.3 is 20.1 Å². The molecule has 2 aromatic carbocycles. The molecule has 4 rings (SSSR count). The molecule has 1 aliphatic heterocycles. The quantitative estimate of drug-likeness (QED) is 0.649. The van der Waals surface area contributed by atoms with Crippen LogP contribution in [0.3, 0.4) is 0 Å². The Morgan fingerprint density at radius 2 is 1.89 bits per heavy atom. The number of fused-ring (bicyclic) bond motifs is 1. The van der Waals surface area contributed by atoms with E-state index in [1.807, 2.05) is 54.6 Å². The maximum absolute atomic E-state index is 6.60. The Balaban J connectivity index is 1.64. The smallest absolute Gasteiger partial charge is 0.202 e. The molecule has 2 heterocycles. The van der Waals surface area contributed by atoms with Gasteiger partial charge in [-0.3, -0.25) is 10.7 Å². The average Bonchev–Trinajstić information content (AvgIpc) is 2.73. The Morgan fingerprint density at radius 3 is 2.71 bits per heavy atom. The molecule has 4 N–H and O–H groups in total. The summed E-state index contributed by atoms with van der Waals surface area (Å²) in [6, 6.07) is 15.4. The number of anilines is 1. The van der Waals surface area contributed by atoms with Crippen molar-refractivity contribution in [1.82, 2.24) is 10.3 Å². The molecule has 0 spiro atoms. The fourth-order valence-electron chi connectivity index (χ4n) is 3.10. The minimum atomic E-state index is -0.992. The number of methoxy groups -OCH3 is 2. The lowest BCUT2D eigenvalue weighted by molar-refractivity contribution is 0.355. The van der Waals surface area contributed by atoms with Crippen LogP contribution in [-0.2, 0) is 5.66 Å². The maximum Gasteiger partial charge on any atom is 0.202 e. The van der Waals surface area contributed by atoms with Crippen molar-refractivity contribution in [2.75, 3.05) is 19.5 Å². The van der Waals surface area contributed by atoms with Crippen LogP contribution in [0.4, 0.5) is 5.69 Å². The van der Waals surface area contributed by atoms with Crippen molar-refractivity contribution in [3.8, 4) is 11.5 Å². The second-order valence-electron chi connectivity index (χ2n) is 6.37. The first-order valence-electron chi connectivity index (χ1n) is 8.78. The van der Waals surface area contributed by atoms with Gasteiger partial charge in [0.15, 0.2) is 17.2 Å². The van der Waals surface area contributed by atoms with Crippen molar-refractivity contribution in [3.05, 3.63) is 72.6 Å². The molecule has 0 aliphatic carbocycles. The summed E-state index contributed by atoms with van der Waals surface area (Å²) in [5.41, 5.74) is 8.19. The highest BCUT2D eigenvalue weighted by Gasteiger charge is 2.27. The van der Waals surface area contributed by atoms with Crippen molar-refractivity contribution < 1.29 is 9.47 Å². The maximum atomic E-state index is 6.60. The standard InChI is InChI=1S/C21H21N5O2/c1-27-18-8-6-16(13-19(18)28-2)25-20-24-11-9-21(22,26-20)15-5-7-17-14(12-15)4-3-10-23-17/h3-13H,22H2,1-2H3,(H2,24,25,26). The molecule has 0 radical (unpaired) electrons. The molecule has 1 atom stereocenters. The molecular weight excluding hydrogens is 354 g/mol. The van der Waals surface area contributed by atoms with Crippen molar-refractivity contribution in [3.63, 3.8) is 0 Å². The van der Waals surface area contributed by atoms with Crippen LogP contribution in [0.25, 0.3) is 10.9 Å². The number of guanidine groups is 1. The van der Waals surface area contributed by atoms with Gasteiger partial charge in [0.25, 0.3) is 0 Å². The number of aliphatic imine (C=N–C) groups is 1. The SMILES string of the molecule is COc1ccc(NC2=NC(N)(c3ccc4ncccc4c3)C=CN2)cc1OC. The molecule has 142 valence electrons. The van der Waals surface area contributed by atoms with Crippen LogP contribution in [0.5, 0.6) is 11.5 Å². The average molecular weight is 375 g/mol. The van der Waals surface area contributed by atoms with E-state index in [0.717, 1.165) is 22.2 Å². The van der Waals surface area contributed by atoms with E-state index in [9.17, 15) is 0 Å². The number of pyridine rings is 1. The zero-order valence-electron chi connectivity index (χ0n) is 15.6. The summed E-state index contributed by atoms with van der Waals surface area (Å²) in [5, 5.41) is 7.33. The summed E-state index contributed by atoms with van der Waals surface area (Å²) in [6.07, 6.45) is 5.38. The molecule has 0 fully saturated rings. The molecule has 7 nitrogen and oxygen atoms in total. The third-order valence-electron chi connectivity index (χ3n) is 4.57. The van der Waals surface area contributed by atoms with Gasteiger partial charge in [0.05, 0.1) is 19.7 Å². The lowest BCUT2D eigenvalue weighted by atomic mass is 9.98. The highest BCUT2D eigenvalue weighted by molar-refractivity contribution is 5.95. The van der Waals surface area contributed by atoms with Gasteiger partial charge in [0, 0.05) is 29.5 Å². The van der Waals surface area contributed by atoms with Gasteiger partial charge >= 0.3 is 0 Å². The van der Waals surface area contributed by atoms with Crippen LogP contribution in [-0.4, -0.2) is 25.2 Å². The van der Waals surface area contributed by atoms with E-state index in [1.165, 1.54) is 0 Å². The van der Waals surface area contributed by atoms with E-state index in [1.54, 1.807) is 26.6 Å². The summed E-state index contributed by atoms with van der Waals surface area (Å²) >= 11 is 0. The molecule has 0 saturated carbocycles. The fraction of sp³-hybridized carbons (Fsp3) is 0.143. The molecule has 7 heteroatoms. The van der Waals surface area contributed by atoms with Crippen LogP contribution in [0.2, 0.25) is 0 Å².